The van der Waals surface area contributed by atoms with Gasteiger partial charge in [-0.15, -0.1) is 0 Å². The fourth-order valence-corrected chi connectivity index (χ4v) is 4.14. The number of nitrogens with zero attached hydrogens (tertiary/aromatic N) is 3. The molecule has 0 bridgehead atoms. The normalized spacial score (nSPS) is 35.2. The fourth-order valence-electron chi connectivity index (χ4n) is 4.14. The molecular weight excluding hydrogens is 480 g/mol. The van der Waals surface area contributed by atoms with E-state index in [2.05, 4.69) is 15.0 Å². The first-order valence-electron chi connectivity index (χ1n) is 11.3. The quantitative estimate of drug-likeness (QED) is 0.161. The third-order valence-corrected chi connectivity index (χ3v) is 5.99. The monoisotopic (exact) mass is 508 g/mol. The van der Waals surface area contributed by atoms with Gasteiger partial charge in [-0.1, -0.05) is 18.2 Å². The third kappa shape index (κ3) is 4.97. The van der Waals surface area contributed by atoms with Gasteiger partial charge in [0.15, 0.2) is 29.8 Å². The second kappa shape index (κ2) is 11.0. The van der Waals surface area contributed by atoms with Crippen LogP contribution < -0.4 is 5.56 Å². The van der Waals surface area contributed by atoms with Gasteiger partial charge in [-0.25, -0.2) is 14.8 Å². The number of carbonyl (C=O) groups is 1. The summed E-state index contributed by atoms with van der Waals surface area (Å²) in [6.07, 6.45) is -3.18. The lowest BCUT2D eigenvalue weighted by Gasteiger charge is -2.41. The van der Waals surface area contributed by atoms with E-state index in [1.807, 2.05) is 0 Å². The molecule has 14 nitrogen and oxygen atoms in total. The molecule has 0 spiro atoms. The molecule has 2 aromatic heterocycles. The molecule has 36 heavy (non-hydrogen) atoms. The number of hydrogen-bond donors (Lipinski definition) is 5. The predicted octanol–water partition coefficient (Wildman–Crippen LogP) is -1.73. The zero-order chi connectivity index (χ0) is 26.0. The largest absolute Gasteiger partial charge is 0.454 e. The molecule has 4 rings (SSSR count). The predicted molar refractivity (Wildman–Crippen MR) is 120 cm³/mol. The minimum Gasteiger partial charge on any atom is -0.454 e. The van der Waals surface area contributed by atoms with E-state index in [4.69, 9.17) is 18.9 Å². The Morgan fingerprint density at radius 3 is 2.67 bits per heavy atom. The Kier molecular flexibility index (Phi) is 7.94. The average Bonchev–Trinajstić information content (AvgIpc) is 3.42. The number of H-pyrrole nitrogens is 1. The summed E-state index contributed by atoms with van der Waals surface area (Å²) in [5.74, 6) is -0.737. The van der Waals surface area contributed by atoms with Crippen molar-refractivity contribution < 1.29 is 44.2 Å². The lowest BCUT2D eigenvalue weighted by atomic mass is 9.99. The summed E-state index contributed by atoms with van der Waals surface area (Å²) >= 11 is 0. The molecule has 0 unspecified atom stereocenters. The first-order chi connectivity index (χ1) is 17.3. The number of fused-ring (bicyclic) bond motifs is 1. The van der Waals surface area contributed by atoms with Gasteiger partial charge in [-0.2, -0.15) is 0 Å². The van der Waals surface area contributed by atoms with Gasteiger partial charge in [-0.3, -0.25) is 9.36 Å². The van der Waals surface area contributed by atoms with E-state index < -0.39 is 73.4 Å². The first kappa shape index (κ1) is 26.1. The van der Waals surface area contributed by atoms with Crippen LogP contribution in [0.15, 0.2) is 41.8 Å². The molecular formula is C22H28N4O10. The van der Waals surface area contributed by atoms with Crippen molar-refractivity contribution in [3.8, 4) is 0 Å². The zero-order valence-electron chi connectivity index (χ0n) is 19.4. The number of aliphatic hydroxyl groups is 4. The SMILES string of the molecule is C/C=C/C=C/C(=O)O[C@H]1[C@@H](O)[C@H](O)[C@H](O[C@@H]2[C@H](O)[C@@H](CO)O[C@H]2n2cnc3c(=O)[nH]cnc32)O[C@H]1C. The van der Waals surface area contributed by atoms with E-state index in [0.717, 1.165) is 6.08 Å². The average molecular weight is 508 g/mol. The summed E-state index contributed by atoms with van der Waals surface area (Å²) in [6, 6.07) is 0. The lowest BCUT2D eigenvalue weighted by molar-refractivity contribution is -0.314. The highest BCUT2D eigenvalue weighted by atomic mass is 16.7. The number of nitrogens with one attached hydrogen (secondary N) is 1. The molecule has 0 radical (unpaired) electrons. The Hall–Kier alpha value is -2.98. The van der Waals surface area contributed by atoms with Crippen molar-refractivity contribution >= 4 is 17.1 Å². The van der Waals surface area contributed by atoms with Gasteiger partial charge in [0, 0.05) is 6.08 Å². The van der Waals surface area contributed by atoms with E-state index in [1.165, 1.54) is 30.2 Å². The lowest BCUT2D eigenvalue weighted by Crippen LogP contribution is -2.59. The van der Waals surface area contributed by atoms with E-state index in [1.54, 1.807) is 19.1 Å². The summed E-state index contributed by atoms with van der Waals surface area (Å²) < 4.78 is 23.9. The molecule has 2 aromatic rings. The molecule has 14 heteroatoms. The second-order valence-corrected chi connectivity index (χ2v) is 8.37. The Morgan fingerprint density at radius 1 is 1.17 bits per heavy atom. The molecule has 4 heterocycles. The molecule has 0 saturated carbocycles. The number of aromatic amines is 1. The molecule has 0 aliphatic carbocycles. The van der Waals surface area contributed by atoms with Crippen LogP contribution in [-0.2, 0) is 23.7 Å². The fraction of sp³-hybridized carbons (Fsp3) is 0.545. The summed E-state index contributed by atoms with van der Waals surface area (Å²) in [5, 5.41) is 41.7. The standard InChI is InChI=1S/C22H28N4O10/c1-3-4-5-6-12(28)35-17-10(2)33-22(16(31)15(17)30)36-18-14(29)11(7-27)34-21(18)26-9-25-13-19(26)23-8-24-20(13)32/h3-6,8-11,14-18,21-22,27,29-31H,7H2,1-2H3,(H,23,24,32)/b4-3+,6-5+/t10-,11+,14+,15-,16-,17+,18+,21+,22-/m0/s1. The number of esters is 1. The topological polar surface area (TPSA) is 198 Å². The van der Waals surface area contributed by atoms with Crippen LogP contribution in [0.3, 0.4) is 0 Å². The van der Waals surface area contributed by atoms with Crippen molar-refractivity contribution in [2.45, 2.75) is 69.1 Å². The molecule has 9 atom stereocenters. The van der Waals surface area contributed by atoms with E-state index >= 15 is 0 Å². The van der Waals surface area contributed by atoms with Crippen molar-refractivity contribution in [1.82, 2.24) is 19.5 Å². The second-order valence-electron chi connectivity index (χ2n) is 8.37. The van der Waals surface area contributed by atoms with E-state index in [0.29, 0.717) is 0 Å². The van der Waals surface area contributed by atoms with Gasteiger partial charge in [0.25, 0.3) is 5.56 Å². The summed E-state index contributed by atoms with van der Waals surface area (Å²) in [4.78, 5) is 34.6. The zero-order valence-corrected chi connectivity index (χ0v) is 19.4. The van der Waals surface area contributed by atoms with Crippen LogP contribution in [0.25, 0.3) is 11.2 Å². The van der Waals surface area contributed by atoms with Crippen LogP contribution >= 0.6 is 0 Å². The van der Waals surface area contributed by atoms with Crippen LogP contribution in [0.4, 0.5) is 0 Å². The summed E-state index contributed by atoms with van der Waals surface area (Å²) in [7, 11) is 0. The van der Waals surface area contributed by atoms with Crippen molar-refractivity contribution in [2.75, 3.05) is 6.61 Å². The van der Waals surface area contributed by atoms with E-state index in [-0.39, 0.29) is 11.2 Å². The van der Waals surface area contributed by atoms with Crippen LogP contribution in [0.2, 0.25) is 0 Å². The smallest absolute Gasteiger partial charge is 0.331 e. The molecule has 0 amide bonds. The van der Waals surface area contributed by atoms with Crippen LogP contribution in [0, 0.1) is 0 Å². The van der Waals surface area contributed by atoms with Crippen LogP contribution in [0.1, 0.15) is 20.1 Å². The van der Waals surface area contributed by atoms with Crippen LogP contribution in [0.5, 0.6) is 0 Å². The molecule has 2 saturated heterocycles. The molecule has 2 fully saturated rings. The maximum absolute atomic E-state index is 12.0. The van der Waals surface area contributed by atoms with Gasteiger partial charge in [0.05, 0.1) is 25.4 Å². The highest BCUT2D eigenvalue weighted by Gasteiger charge is 2.51. The van der Waals surface area contributed by atoms with Gasteiger partial charge >= 0.3 is 5.97 Å². The molecule has 2 aliphatic heterocycles. The summed E-state index contributed by atoms with van der Waals surface area (Å²) in [6.45, 7) is 2.75. The number of allylic oxidation sites excluding steroid dienone is 3. The Bertz CT molecular complexity index is 1180. The van der Waals surface area contributed by atoms with Crippen molar-refractivity contribution in [3.63, 3.8) is 0 Å². The van der Waals surface area contributed by atoms with Gasteiger partial charge in [0.1, 0.15) is 30.5 Å². The number of carbonyl (C=O) groups excluding carboxylic acids is 1. The Balaban J connectivity index is 1.53. The van der Waals surface area contributed by atoms with Crippen molar-refractivity contribution in [2.24, 2.45) is 0 Å². The number of aromatic nitrogens is 4. The highest BCUT2D eigenvalue weighted by molar-refractivity contribution is 5.82. The Morgan fingerprint density at radius 2 is 1.94 bits per heavy atom. The number of ether oxygens (including phenoxy) is 4. The first-order valence-corrected chi connectivity index (χ1v) is 11.3. The minimum absolute atomic E-state index is 0.0212. The maximum Gasteiger partial charge on any atom is 0.331 e. The number of aliphatic hydroxyl groups excluding tert-OH is 4. The Labute approximate surface area is 204 Å². The number of hydrogen-bond acceptors (Lipinski definition) is 12. The maximum atomic E-state index is 12.0. The van der Waals surface area contributed by atoms with Crippen LogP contribution in [-0.4, -0.2) is 102 Å². The number of rotatable bonds is 7. The van der Waals surface area contributed by atoms with Crippen molar-refractivity contribution in [1.29, 1.82) is 0 Å². The third-order valence-electron chi connectivity index (χ3n) is 5.99. The molecule has 2 aliphatic rings. The molecule has 5 N–H and O–H groups in total. The van der Waals surface area contributed by atoms with Gasteiger partial charge in [0.2, 0.25) is 0 Å². The molecule has 196 valence electrons. The van der Waals surface area contributed by atoms with Gasteiger partial charge < -0.3 is 44.4 Å². The highest BCUT2D eigenvalue weighted by Crippen LogP contribution is 2.36. The van der Waals surface area contributed by atoms with Gasteiger partial charge in [-0.05, 0) is 13.8 Å². The van der Waals surface area contributed by atoms with E-state index in [9.17, 15) is 30.0 Å². The number of imidazole rings is 1. The minimum atomic E-state index is -1.67. The summed E-state index contributed by atoms with van der Waals surface area (Å²) in [5.41, 5.74) is -0.329. The molecule has 0 aromatic carbocycles. The van der Waals surface area contributed by atoms with Crippen molar-refractivity contribution in [3.05, 3.63) is 47.3 Å².